The number of carbonyl (C=O) groups excluding carboxylic acids is 2. The van der Waals surface area contributed by atoms with E-state index in [9.17, 15) is 24.8 Å². The Balaban J connectivity index is 2.11. The van der Waals surface area contributed by atoms with Gasteiger partial charge in [-0.2, -0.15) is 0 Å². The van der Waals surface area contributed by atoms with Crippen molar-refractivity contribution in [2.75, 3.05) is 26.4 Å². The number of amides is 1. The average molecular weight is 469 g/mol. The average Bonchev–Trinajstić information content (AvgIpc) is 3.06. The van der Waals surface area contributed by atoms with Crippen LogP contribution in [-0.2, 0) is 19.7 Å². The molecular formula is C25H28N2O7. The van der Waals surface area contributed by atoms with Gasteiger partial charge in [-0.1, -0.05) is 57.2 Å². The number of carbonyl (C=O) groups is 2. The maximum atomic E-state index is 13.0. The lowest BCUT2D eigenvalue weighted by Crippen LogP contribution is -2.33. The van der Waals surface area contributed by atoms with Crippen molar-refractivity contribution in [1.82, 2.24) is 4.90 Å². The number of ketones is 1. The third-order valence-corrected chi connectivity index (χ3v) is 5.67. The van der Waals surface area contributed by atoms with Gasteiger partial charge in [-0.3, -0.25) is 19.7 Å². The summed E-state index contributed by atoms with van der Waals surface area (Å²) in [7, 11) is 0. The van der Waals surface area contributed by atoms with Crippen LogP contribution < -0.4 is 0 Å². The number of aliphatic hydroxyl groups is 2. The summed E-state index contributed by atoms with van der Waals surface area (Å²) < 4.78 is 5.29. The number of hydrogen-bond acceptors (Lipinski definition) is 7. The molecular weight excluding hydrogens is 440 g/mol. The highest BCUT2D eigenvalue weighted by Crippen LogP contribution is 2.40. The van der Waals surface area contributed by atoms with E-state index in [-0.39, 0.29) is 48.6 Å². The molecule has 0 unspecified atom stereocenters. The first-order chi connectivity index (χ1) is 16.1. The van der Waals surface area contributed by atoms with Crippen molar-refractivity contribution in [1.29, 1.82) is 0 Å². The number of nitrogens with zero attached hydrogens (tertiary/aromatic N) is 2. The molecule has 2 aromatic rings. The Kier molecular flexibility index (Phi) is 7.48. The van der Waals surface area contributed by atoms with E-state index < -0.39 is 28.4 Å². The summed E-state index contributed by atoms with van der Waals surface area (Å²) in [6.07, 6.45) is 0. The number of hydrogen-bond donors (Lipinski definition) is 2. The molecule has 1 heterocycles. The summed E-state index contributed by atoms with van der Waals surface area (Å²) in [5.74, 6) is -2.16. The molecule has 0 saturated carbocycles. The smallest absolute Gasteiger partial charge is 0.295 e. The van der Waals surface area contributed by atoms with Crippen molar-refractivity contribution >= 4 is 23.1 Å². The fourth-order valence-electron chi connectivity index (χ4n) is 3.87. The van der Waals surface area contributed by atoms with Crippen molar-refractivity contribution in [3.63, 3.8) is 0 Å². The minimum atomic E-state index is -0.897. The second-order valence-corrected chi connectivity index (χ2v) is 9.01. The van der Waals surface area contributed by atoms with Gasteiger partial charge in [0.2, 0.25) is 0 Å². The normalized spacial score (nSPS) is 17.9. The molecule has 9 nitrogen and oxygen atoms in total. The van der Waals surface area contributed by atoms with Crippen LogP contribution in [0.3, 0.4) is 0 Å². The van der Waals surface area contributed by atoms with Crippen LogP contribution in [0.15, 0.2) is 54.1 Å². The number of likely N-dealkylation sites (tertiary alicyclic amines) is 1. The van der Waals surface area contributed by atoms with E-state index in [0.29, 0.717) is 5.56 Å². The Labute approximate surface area is 197 Å². The van der Waals surface area contributed by atoms with Gasteiger partial charge in [-0.15, -0.1) is 0 Å². The van der Waals surface area contributed by atoms with Gasteiger partial charge in [0, 0.05) is 24.2 Å². The topological polar surface area (TPSA) is 130 Å². The number of ether oxygens (including phenoxy) is 1. The molecule has 0 radical (unpaired) electrons. The highest BCUT2D eigenvalue weighted by Gasteiger charge is 2.46. The van der Waals surface area contributed by atoms with Crippen LogP contribution in [0, 0.1) is 10.1 Å². The fourth-order valence-corrected chi connectivity index (χ4v) is 3.87. The molecule has 0 spiro atoms. The second kappa shape index (κ2) is 10.1. The molecule has 3 rings (SSSR count). The van der Waals surface area contributed by atoms with Crippen LogP contribution in [0.5, 0.6) is 0 Å². The molecule has 2 N–H and O–H groups in total. The molecule has 9 heteroatoms. The van der Waals surface area contributed by atoms with Gasteiger partial charge in [-0.25, -0.2) is 0 Å². The number of Topliss-reactive ketones (excluding diaryl/α,β-unsaturated/α-hetero) is 1. The third kappa shape index (κ3) is 5.16. The van der Waals surface area contributed by atoms with E-state index in [1.807, 2.05) is 12.1 Å². The van der Waals surface area contributed by atoms with Crippen LogP contribution in [0.2, 0.25) is 0 Å². The van der Waals surface area contributed by atoms with Gasteiger partial charge < -0.3 is 19.8 Å². The van der Waals surface area contributed by atoms with E-state index in [4.69, 9.17) is 9.84 Å². The summed E-state index contributed by atoms with van der Waals surface area (Å²) in [5, 5.41) is 31.2. The van der Waals surface area contributed by atoms with Crippen LogP contribution in [0.25, 0.3) is 5.76 Å². The van der Waals surface area contributed by atoms with Crippen molar-refractivity contribution < 1.29 is 29.5 Å². The molecule has 0 aromatic heterocycles. The lowest BCUT2D eigenvalue weighted by Gasteiger charge is -2.26. The van der Waals surface area contributed by atoms with E-state index in [2.05, 4.69) is 20.8 Å². The Bertz CT molecular complexity index is 1120. The zero-order valence-corrected chi connectivity index (χ0v) is 19.4. The minimum absolute atomic E-state index is 0.0575. The first-order valence-electron chi connectivity index (χ1n) is 10.9. The maximum Gasteiger partial charge on any atom is 0.295 e. The van der Waals surface area contributed by atoms with Crippen molar-refractivity contribution in [3.8, 4) is 0 Å². The van der Waals surface area contributed by atoms with Crippen LogP contribution in [0.4, 0.5) is 5.69 Å². The lowest BCUT2D eigenvalue weighted by atomic mass is 9.85. The van der Waals surface area contributed by atoms with Crippen molar-refractivity contribution in [2.24, 2.45) is 0 Å². The Morgan fingerprint density at radius 2 is 1.79 bits per heavy atom. The van der Waals surface area contributed by atoms with Gasteiger partial charge >= 0.3 is 0 Å². The maximum absolute atomic E-state index is 13.0. The molecule has 0 aliphatic carbocycles. The van der Waals surface area contributed by atoms with Crippen LogP contribution in [-0.4, -0.2) is 58.1 Å². The second-order valence-electron chi connectivity index (χ2n) is 9.01. The number of nitro groups is 1. The van der Waals surface area contributed by atoms with Gasteiger partial charge in [0.1, 0.15) is 5.76 Å². The first-order valence-corrected chi connectivity index (χ1v) is 10.9. The zero-order valence-electron chi connectivity index (χ0n) is 19.4. The molecule has 1 aliphatic rings. The van der Waals surface area contributed by atoms with Crippen molar-refractivity contribution in [3.05, 3.63) is 80.9 Å². The SMILES string of the molecule is CC(C)(C)c1ccc([C@@H]2C(=C(O)c3cccc([N+](=O)[O-])c3)C(=O)C(=O)N2CCOCCO)cc1. The molecule has 180 valence electrons. The van der Waals surface area contributed by atoms with E-state index in [0.717, 1.165) is 11.6 Å². The van der Waals surface area contributed by atoms with Crippen LogP contribution >= 0.6 is 0 Å². The molecule has 2 aromatic carbocycles. The largest absolute Gasteiger partial charge is 0.507 e. The Morgan fingerprint density at radius 1 is 1.12 bits per heavy atom. The predicted octanol–water partition coefficient (Wildman–Crippen LogP) is 3.32. The predicted molar refractivity (Wildman–Crippen MR) is 125 cm³/mol. The summed E-state index contributed by atoms with van der Waals surface area (Å²) in [5.41, 5.74) is 1.24. The minimum Gasteiger partial charge on any atom is -0.507 e. The van der Waals surface area contributed by atoms with Crippen molar-refractivity contribution in [2.45, 2.75) is 32.2 Å². The highest BCUT2D eigenvalue weighted by atomic mass is 16.6. The molecule has 0 bridgehead atoms. The summed E-state index contributed by atoms with van der Waals surface area (Å²) in [6, 6.07) is 11.8. The van der Waals surface area contributed by atoms with E-state index in [1.54, 1.807) is 12.1 Å². The van der Waals surface area contributed by atoms with E-state index in [1.165, 1.54) is 23.1 Å². The van der Waals surface area contributed by atoms with Crippen LogP contribution in [0.1, 0.15) is 43.5 Å². The van der Waals surface area contributed by atoms with Gasteiger partial charge in [0.15, 0.2) is 0 Å². The quantitative estimate of drug-likeness (QED) is 0.152. The number of aliphatic hydroxyl groups excluding tert-OH is 2. The third-order valence-electron chi connectivity index (χ3n) is 5.67. The van der Waals surface area contributed by atoms with Gasteiger partial charge in [0.05, 0.1) is 36.4 Å². The summed E-state index contributed by atoms with van der Waals surface area (Å²) >= 11 is 0. The first kappa shape index (κ1) is 25.1. The summed E-state index contributed by atoms with van der Waals surface area (Å²) in [4.78, 5) is 37.8. The van der Waals surface area contributed by atoms with E-state index >= 15 is 0 Å². The molecule has 1 fully saturated rings. The zero-order chi connectivity index (χ0) is 25.0. The fraction of sp³-hybridized carbons (Fsp3) is 0.360. The summed E-state index contributed by atoms with van der Waals surface area (Å²) in [6.45, 7) is 6.24. The molecule has 1 atom stereocenters. The Morgan fingerprint density at radius 3 is 2.38 bits per heavy atom. The van der Waals surface area contributed by atoms with Gasteiger partial charge in [-0.05, 0) is 16.5 Å². The number of rotatable bonds is 8. The number of benzene rings is 2. The monoisotopic (exact) mass is 468 g/mol. The lowest BCUT2D eigenvalue weighted by molar-refractivity contribution is -0.384. The Hall–Kier alpha value is -3.56. The molecule has 1 saturated heterocycles. The molecule has 34 heavy (non-hydrogen) atoms. The molecule has 1 amide bonds. The number of non-ortho nitro benzene ring substituents is 1. The highest BCUT2D eigenvalue weighted by molar-refractivity contribution is 6.46. The standard InChI is InChI=1S/C25H28N2O7/c1-25(2,3)18-9-7-16(8-10-18)21-20(22(29)17-5-4-6-19(15-17)27(32)33)23(30)24(31)26(21)11-13-34-14-12-28/h4-10,15,21,28-29H,11-14H2,1-3H3/t21-/m1/s1. The molecule has 1 aliphatic heterocycles. The van der Waals surface area contributed by atoms with Gasteiger partial charge in [0.25, 0.3) is 17.4 Å². The number of nitro benzene ring substituents is 1.